The Labute approximate surface area is 105 Å². The molecule has 1 aromatic carbocycles. The monoisotopic (exact) mass is 251 g/mol. The van der Waals surface area contributed by atoms with Crippen LogP contribution in [0.15, 0.2) is 24.3 Å². The lowest BCUT2D eigenvalue weighted by atomic mass is 10.0. The molecule has 1 heterocycles. The van der Waals surface area contributed by atoms with Crippen molar-refractivity contribution in [1.29, 1.82) is 0 Å². The van der Waals surface area contributed by atoms with Gasteiger partial charge in [0, 0.05) is 18.3 Å². The van der Waals surface area contributed by atoms with Crippen LogP contribution < -0.4 is 0 Å². The van der Waals surface area contributed by atoms with Gasteiger partial charge in [0.1, 0.15) is 11.1 Å². The first-order valence-corrected chi connectivity index (χ1v) is 5.86. The van der Waals surface area contributed by atoms with Crippen molar-refractivity contribution in [3.8, 4) is 5.75 Å². The van der Waals surface area contributed by atoms with Crippen LogP contribution in [0.25, 0.3) is 5.70 Å². The molecule has 3 nitrogen and oxygen atoms in total. The van der Waals surface area contributed by atoms with Gasteiger partial charge in [0.05, 0.1) is 0 Å². The van der Waals surface area contributed by atoms with Gasteiger partial charge in [0.15, 0.2) is 0 Å². The number of phenols is 1. The van der Waals surface area contributed by atoms with Gasteiger partial charge in [-0.05, 0) is 37.1 Å². The van der Waals surface area contributed by atoms with E-state index in [1.54, 1.807) is 24.1 Å². The molecule has 0 aromatic heterocycles. The minimum absolute atomic E-state index is 0.0864. The van der Waals surface area contributed by atoms with Crippen molar-refractivity contribution in [1.82, 2.24) is 4.90 Å². The number of aromatic hydroxyl groups is 1. The Kier molecular flexibility index (Phi) is 3.11. The normalized spacial score (nSPS) is 20.4. The van der Waals surface area contributed by atoms with E-state index in [0.717, 1.165) is 16.8 Å². The molecule has 1 amide bonds. The van der Waals surface area contributed by atoms with E-state index in [9.17, 15) is 9.90 Å². The minimum atomic E-state index is -0.471. The van der Waals surface area contributed by atoms with Crippen molar-refractivity contribution in [3.05, 3.63) is 35.4 Å². The third kappa shape index (κ3) is 2.15. The molecule has 1 N–H and O–H groups in total. The average molecular weight is 252 g/mol. The van der Waals surface area contributed by atoms with Crippen molar-refractivity contribution >= 4 is 23.2 Å². The highest BCUT2D eigenvalue weighted by Crippen LogP contribution is 2.29. The van der Waals surface area contributed by atoms with E-state index < -0.39 is 5.38 Å². The number of rotatable bonds is 1. The summed E-state index contributed by atoms with van der Waals surface area (Å²) in [6.45, 7) is 1.90. The van der Waals surface area contributed by atoms with E-state index in [2.05, 4.69) is 0 Å². The first kappa shape index (κ1) is 12.0. The lowest BCUT2D eigenvalue weighted by Crippen LogP contribution is -2.35. The number of hydrogen-bond acceptors (Lipinski definition) is 2. The number of aryl methyl sites for hydroxylation is 1. The molecule has 17 heavy (non-hydrogen) atoms. The summed E-state index contributed by atoms with van der Waals surface area (Å²) in [4.78, 5) is 13.4. The molecule has 1 atom stereocenters. The van der Waals surface area contributed by atoms with Gasteiger partial charge in [0.25, 0.3) is 0 Å². The van der Waals surface area contributed by atoms with Crippen LogP contribution in [0.2, 0.25) is 0 Å². The van der Waals surface area contributed by atoms with Crippen LogP contribution in [-0.2, 0) is 4.79 Å². The number of nitrogens with zero attached hydrogens (tertiary/aromatic N) is 1. The van der Waals surface area contributed by atoms with Crippen molar-refractivity contribution in [3.63, 3.8) is 0 Å². The van der Waals surface area contributed by atoms with E-state index >= 15 is 0 Å². The lowest BCUT2D eigenvalue weighted by molar-refractivity contribution is -0.126. The van der Waals surface area contributed by atoms with Gasteiger partial charge in [0.2, 0.25) is 5.91 Å². The van der Waals surface area contributed by atoms with Crippen LogP contribution in [-0.4, -0.2) is 28.3 Å². The van der Waals surface area contributed by atoms with E-state index in [1.807, 2.05) is 19.1 Å². The third-order valence-electron chi connectivity index (χ3n) is 2.96. The second-order valence-electron chi connectivity index (χ2n) is 4.19. The van der Waals surface area contributed by atoms with Gasteiger partial charge in [-0.25, -0.2) is 0 Å². The highest BCUT2D eigenvalue weighted by atomic mass is 35.5. The summed E-state index contributed by atoms with van der Waals surface area (Å²) >= 11 is 5.90. The standard InChI is InChI=1S/C13H14ClNO2/c1-8-7-9(16)3-4-10(8)12-6-5-11(14)13(17)15(12)2/h3-4,6-7,11,16H,5H2,1-2H3. The molecular weight excluding hydrogens is 238 g/mol. The zero-order valence-corrected chi connectivity index (χ0v) is 10.5. The Balaban J connectivity index is 2.43. The lowest BCUT2D eigenvalue weighted by Gasteiger charge is -2.28. The van der Waals surface area contributed by atoms with Crippen molar-refractivity contribution in [2.45, 2.75) is 18.7 Å². The fourth-order valence-electron chi connectivity index (χ4n) is 2.01. The second-order valence-corrected chi connectivity index (χ2v) is 4.72. The quantitative estimate of drug-likeness (QED) is 0.779. The molecule has 4 heteroatoms. The van der Waals surface area contributed by atoms with Crippen molar-refractivity contribution in [2.24, 2.45) is 0 Å². The molecule has 0 bridgehead atoms. The summed E-state index contributed by atoms with van der Waals surface area (Å²) in [6, 6.07) is 5.12. The van der Waals surface area contributed by atoms with Gasteiger partial charge < -0.3 is 10.0 Å². The fourth-order valence-corrected chi connectivity index (χ4v) is 2.24. The van der Waals surface area contributed by atoms with Crippen LogP contribution in [0.1, 0.15) is 17.5 Å². The van der Waals surface area contributed by atoms with Crippen molar-refractivity contribution in [2.75, 3.05) is 7.05 Å². The van der Waals surface area contributed by atoms with Gasteiger partial charge in [-0.1, -0.05) is 6.08 Å². The molecule has 0 saturated heterocycles. The maximum Gasteiger partial charge on any atom is 0.245 e. The number of halogens is 1. The maximum absolute atomic E-state index is 11.8. The molecule has 1 aromatic rings. The Hall–Kier alpha value is -1.48. The molecule has 0 aliphatic carbocycles. The summed E-state index contributed by atoms with van der Waals surface area (Å²) < 4.78 is 0. The molecule has 0 fully saturated rings. The minimum Gasteiger partial charge on any atom is -0.508 e. The molecule has 1 unspecified atom stereocenters. The van der Waals surface area contributed by atoms with E-state index in [0.29, 0.717) is 6.42 Å². The predicted octanol–water partition coefficient (Wildman–Crippen LogP) is 2.51. The van der Waals surface area contributed by atoms with Gasteiger partial charge in [-0.2, -0.15) is 0 Å². The Bertz CT molecular complexity index is 496. The molecule has 1 aliphatic heterocycles. The van der Waals surface area contributed by atoms with Crippen LogP contribution in [0, 0.1) is 6.92 Å². The number of hydrogen-bond donors (Lipinski definition) is 1. The van der Waals surface area contributed by atoms with Crippen molar-refractivity contribution < 1.29 is 9.90 Å². The third-order valence-corrected chi connectivity index (χ3v) is 3.33. The predicted molar refractivity (Wildman–Crippen MR) is 67.8 cm³/mol. The largest absolute Gasteiger partial charge is 0.508 e. The van der Waals surface area contributed by atoms with Gasteiger partial charge in [-0.15, -0.1) is 11.6 Å². The molecular formula is C13H14ClNO2. The Morgan fingerprint density at radius 1 is 1.47 bits per heavy atom. The topological polar surface area (TPSA) is 40.5 Å². The fraction of sp³-hybridized carbons (Fsp3) is 0.308. The zero-order chi connectivity index (χ0) is 12.6. The van der Waals surface area contributed by atoms with Crippen LogP contribution in [0.3, 0.4) is 0 Å². The SMILES string of the molecule is Cc1cc(O)ccc1C1=CCC(Cl)C(=O)N1C. The molecule has 0 saturated carbocycles. The first-order chi connectivity index (χ1) is 8.00. The Morgan fingerprint density at radius 3 is 2.82 bits per heavy atom. The smallest absolute Gasteiger partial charge is 0.245 e. The van der Waals surface area contributed by atoms with Crippen LogP contribution in [0.4, 0.5) is 0 Å². The molecule has 0 radical (unpaired) electrons. The maximum atomic E-state index is 11.8. The number of amides is 1. The van der Waals surface area contributed by atoms with Gasteiger partial charge >= 0.3 is 0 Å². The molecule has 0 spiro atoms. The van der Waals surface area contributed by atoms with Gasteiger partial charge in [-0.3, -0.25) is 4.79 Å². The van der Waals surface area contributed by atoms with E-state index in [-0.39, 0.29) is 11.7 Å². The summed E-state index contributed by atoms with van der Waals surface area (Å²) in [5.41, 5.74) is 2.73. The highest BCUT2D eigenvalue weighted by molar-refractivity contribution is 6.31. The number of benzene rings is 1. The second kappa shape index (κ2) is 4.41. The summed E-state index contributed by atoms with van der Waals surface area (Å²) in [5.74, 6) is 0.142. The van der Waals surface area contributed by atoms with E-state index in [1.165, 1.54) is 0 Å². The summed E-state index contributed by atoms with van der Waals surface area (Å²) in [7, 11) is 1.72. The van der Waals surface area contributed by atoms with Crippen LogP contribution >= 0.6 is 11.6 Å². The average Bonchev–Trinajstić information content (AvgIpc) is 2.28. The Morgan fingerprint density at radius 2 is 2.18 bits per heavy atom. The summed E-state index contributed by atoms with van der Waals surface area (Å²) in [5, 5.41) is 8.90. The highest BCUT2D eigenvalue weighted by Gasteiger charge is 2.27. The number of alkyl halides is 1. The summed E-state index contributed by atoms with van der Waals surface area (Å²) in [6.07, 6.45) is 2.50. The molecule has 90 valence electrons. The number of carbonyl (C=O) groups excluding carboxylic acids is 1. The number of allylic oxidation sites excluding steroid dienone is 1. The molecule has 1 aliphatic rings. The number of phenolic OH excluding ortho intramolecular Hbond substituents is 1. The van der Waals surface area contributed by atoms with E-state index in [4.69, 9.17) is 11.6 Å². The number of carbonyl (C=O) groups is 1. The van der Waals surface area contributed by atoms with Crippen LogP contribution in [0.5, 0.6) is 5.75 Å². The molecule has 2 rings (SSSR count). The zero-order valence-electron chi connectivity index (χ0n) is 9.77. The first-order valence-electron chi connectivity index (χ1n) is 5.42.